The van der Waals surface area contributed by atoms with Crippen LogP contribution in [0.25, 0.3) is 0 Å². The summed E-state index contributed by atoms with van der Waals surface area (Å²) in [6.07, 6.45) is -0.159. The first-order chi connectivity index (χ1) is 9.06. The lowest BCUT2D eigenvalue weighted by Gasteiger charge is -2.29. The summed E-state index contributed by atoms with van der Waals surface area (Å²) in [5.74, 6) is -0.460. The lowest BCUT2D eigenvalue weighted by Crippen LogP contribution is -2.55. The molecule has 6 heteroatoms. The van der Waals surface area contributed by atoms with Crippen molar-refractivity contribution in [3.05, 3.63) is 34.1 Å². The Morgan fingerprint density at radius 2 is 2.37 bits per heavy atom. The fraction of sp³-hybridized carbons (Fsp3) is 0.462. The molecular weight excluding hydrogens is 315 g/mol. The molecule has 2 N–H and O–H groups in total. The normalized spacial score (nSPS) is 23.1. The number of carbonyl (C=O) groups is 1. The van der Waals surface area contributed by atoms with E-state index in [1.807, 2.05) is 6.92 Å². The summed E-state index contributed by atoms with van der Waals surface area (Å²) in [7, 11) is 0. The molecule has 0 unspecified atom stereocenters. The zero-order valence-corrected chi connectivity index (χ0v) is 12.2. The fourth-order valence-corrected chi connectivity index (χ4v) is 2.55. The number of nitrogens with one attached hydrogen (secondary N) is 2. The van der Waals surface area contributed by atoms with Crippen molar-refractivity contribution >= 4 is 21.8 Å². The molecule has 0 saturated carbocycles. The minimum atomic E-state index is -0.356. The van der Waals surface area contributed by atoms with Crippen LogP contribution in [0.5, 0.6) is 0 Å². The van der Waals surface area contributed by atoms with Crippen molar-refractivity contribution < 1.29 is 13.9 Å². The van der Waals surface area contributed by atoms with Gasteiger partial charge in [-0.15, -0.1) is 0 Å². The lowest BCUT2D eigenvalue weighted by molar-refractivity contribution is -0.129. The molecule has 0 spiro atoms. The van der Waals surface area contributed by atoms with E-state index in [0.717, 1.165) is 0 Å². The molecule has 2 atom stereocenters. The Hall–Kier alpha value is -0.980. The molecule has 0 aliphatic carbocycles. The number of hydrogen-bond donors (Lipinski definition) is 2. The molecule has 0 aromatic heterocycles. The Bertz CT molecular complexity index is 450. The van der Waals surface area contributed by atoms with Crippen LogP contribution in [0.3, 0.4) is 0 Å². The van der Waals surface area contributed by atoms with Gasteiger partial charge in [0.2, 0.25) is 5.91 Å². The van der Waals surface area contributed by atoms with E-state index in [4.69, 9.17) is 4.74 Å². The Balaban J connectivity index is 1.92. The van der Waals surface area contributed by atoms with Crippen molar-refractivity contribution in [2.45, 2.75) is 25.6 Å². The number of hydrogen-bond acceptors (Lipinski definition) is 3. The van der Waals surface area contributed by atoms with E-state index >= 15 is 0 Å². The molecule has 1 saturated heterocycles. The van der Waals surface area contributed by atoms with Gasteiger partial charge in [0.05, 0.1) is 12.7 Å². The monoisotopic (exact) mass is 330 g/mol. The number of morpholine rings is 1. The van der Waals surface area contributed by atoms with Gasteiger partial charge in [-0.2, -0.15) is 0 Å². The van der Waals surface area contributed by atoms with Crippen LogP contribution in [0.1, 0.15) is 12.5 Å². The highest BCUT2D eigenvalue weighted by Gasteiger charge is 2.27. The van der Waals surface area contributed by atoms with Gasteiger partial charge in [-0.1, -0.05) is 15.9 Å². The first-order valence-electron chi connectivity index (χ1n) is 6.14. The minimum absolute atomic E-state index is 0.132. The minimum Gasteiger partial charge on any atom is -0.375 e. The average molecular weight is 331 g/mol. The molecule has 1 heterocycles. The number of amides is 1. The van der Waals surface area contributed by atoms with Crippen molar-refractivity contribution in [1.82, 2.24) is 10.6 Å². The zero-order chi connectivity index (χ0) is 13.8. The predicted octanol–water partition coefficient (Wildman–Crippen LogP) is 1.58. The van der Waals surface area contributed by atoms with Crippen molar-refractivity contribution in [2.75, 3.05) is 13.2 Å². The highest BCUT2D eigenvalue weighted by molar-refractivity contribution is 9.10. The maximum absolute atomic E-state index is 13.2. The molecular formula is C13H16BrFN2O2. The standard InChI is InChI=1S/C13H16BrFN2O2/c1-8-12(16-2-3-19-8)13(18)17-7-9-4-10(14)6-11(15)5-9/h4-6,8,12,16H,2-3,7H2,1H3,(H,17,18)/t8-,12+/m1/s1. The molecule has 104 valence electrons. The third-order valence-corrected chi connectivity index (χ3v) is 3.45. The van der Waals surface area contributed by atoms with Crippen LogP contribution in [-0.2, 0) is 16.1 Å². The van der Waals surface area contributed by atoms with Crippen molar-refractivity contribution in [1.29, 1.82) is 0 Å². The van der Waals surface area contributed by atoms with Crippen LogP contribution >= 0.6 is 15.9 Å². The van der Waals surface area contributed by atoms with Gasteiger partial charge in [0.15, 0.2) is 0 Å². The smallest absolute Gasteiger partial charge is 0.240 e. The van der Waals surface area contributed by atoms with E-state index in [1.54, 1.807) is 6.07 Å². The first-order valence-corrected chi connectivity index (χ1v) is 6.93. The van der Waals surface area contributed by atoms with Crippen LogP contribution in [0.2, 0.25) is 0 Å². The number of ether oxygens (including phenoxy) is 1. The predicted molar refractivity (Wildman–Crippen MR) is 73.2 cm³/mol. The van der Waals surface area contributed by atoms with Crippen LogP contribution in [0, 0.1) is 5.82 Å². The lowest BCUT2D eigenvalue weighted by atomic mass is 10.1. The molecule has 1 amide bonds. The second-order valence-electron chi connectivity index (χ2n) is 4.50. The number of rotatable bonds is 3. The van der Waals surface area contributed by atoms with Crippen LogP contribution in [0.4, 0.5) is 4.39 Å². The summed E-state index contributed by atoms with van der Waals surface area (Å²) in [6, 6.07) is 4.20. The van der Waals surface area contributed by atoms with Crippen LogP contribution in [0.15, 0.2) is 22.7 Å². The SMILES string of the molecule is C[C@H]1OCCN[C@@H]1C(=O)NCc1cc(F)cc(Br)c1. The Morgan fingerprint density at radius 3 is 3.05 bits per heavy atom. The van der Waals surface area contributed by atoms with Crippen molar-refractivity contribution in [2.24, 2.45) is 0 Å². The maximum atomic E-state index is 13.2. The Labute approximate surface area is 119 Å². The van der Waals surface area contributed by atoms with Gasteiger partial charge in [-0.05, 0) is 30.7 Å². The molecule has 1 aliphatic rings. The first kappa shape index (κ1) is 14.4. The maximum Gasteiger partial charge on any atom is 0.240 e. The number of benzene rings is 1. The molecule has 1 aromatic rings. The van der Waals surface area contributed by atoms with E-state index in [0.29, 0.717) is 29.7 Å². The highest BCUT2D eigenvalue weighted by atomic mass is 79.9. The number of halogens is 2. The quantitative estimate of drug-likeness (QED) is 0.884. The van der Waals surface area contributed by atoms with Gasteiger partial charge in [0, 0.05) is 17.6 Å². The van der Waals surface area contributed by atoms with Crippen molar-refractivity contribution in [3.63, 3.8) is 0 Å². The second-order valence-corrected chi connectivity index (χ2v) is 5.42. The summed E-state index contributed by atoms with van der Waals surface area (Å²) in [4.78, 5) is 12.0. The van der Waals surface area contributed by atoms with E-state index in [9.17, 15) is 9.18 Å². The Kier molecular flexibility index (Phi) is 4.90. The van der Waals surface area contributed by atoms with Gasteiger partial charge in [-0.3, -0.25) is 4.79 Å². The average Bonchev–Trinajstić information content (AvgIpc) is 2.35. The molecule has 0 bridgehead atoms. The highest BCUT2D eigenvalue weighted by Crippen LogP contribution is 2.15. The van der Waals surface area contributed by atoms with E-state index in [-0.39, 0.29) is 23.9 Å². The molecule has 0 radical (unpaired) electrons. The van der Waals surface area contributed by atoms with Crippen LogP contribution < -0.4 is 10.6 Å². The van der Waals surface area contributed by atoms with Gasteiger partial charge >= 0.3 is 0 Å². The van der Waals surface area contributed by atoms with E-state index in [2.05, 4.69) is 26.6 Å². The second kappa shape index (κ2) is 6.45. The summed E-state index contributed by atoms with van der Waals surface area (Å²) >= 11 is 3.22. The fourth-order valence-electron chi connectivity index (χ4n) is 2.04. The molecule has 4 nitrogen and oxygen atoms in total. The topological polar surface area (TPSA) is 50.4 Å². The van der Waals surface area contributed by atoms with Gasteiger partial charge in [0.1, 0.15) is 11.9 Å². The molecule has 1 fully saturated rings. The molecule has 2 rings (SSSR count). The van der Waals surface area contributed by atoms with Crippen molar-refractivity contribution in [3.8, 4) is 0 Å². The molecule has 1 aromatic carbocycles. The third-order valence-electron chi connectivity index (χ3n) is 2.99. The summed E-state index contributed by atoms with van der Waals surface area (Å²) < 4.78 is 19.3. The summed E-state index contributed by atoms with van der Waals surface area (Å²) in [5.41, 5.74) is 0.713. The van der Waals surface area contributed by atoms with Gasteiger partial charge < -0.3 is 15.4 Å². The molecule has 19 heavy (non-hydrogen) atoms. The van der Waals surface area contributed by atoms with Gasteiger partial charge in [0.25, 0.3) is 0 Å². The van der Waals surface area contributed by atoms with E-state index < -0.39 is 0 Å². The summed E-state index contributed by atoms with van der Waals surface area (Å²) in [5, 5.41) is 5.89. The van der Waals surface area contributed by atoms with Crippen LogP contribution in [-0.4, -0.2) is 31.2 Å². The largest absolute Gasteiger partial charge is 0.375 e. The Morgan fingerprint density at radius 1 is 1.58 bits per heavy atom. The third kappa shape index (κ3) is 3.99. The van der Waals surface area contributed by atoms with Gasteiger partial charge in [-0.25, -0.2) is 4.39 Å². The van der Waals surface area contributed by atoms with E-state index in [1.165, 1.54) is 12.1 Å². The summed E-state index contributed by atoms with van der Waals surface area (Å²) in [6.45, 7) is 3.42. The number of carbonyl (C=O) groups excluding carboxylic acids is 1. The zero-order valence-electron chi connectivity index (χ0n) is 10.6. The molecule has 1 aliphatic heterocycles.